The Bertz CT molecular complexity index is 465. The molecule has 6 nitrogen and oxygen atoms in total. The number of rotatable bonds is 13. The van der Waals surface area contributed by atoms with Crippen molar-refractivity contribution in [2.24, 2.45) is 0 Å². The molecule has 0 radical (unpaired) electrons. The summed E-state index contributed by atoms with van der Waals surface area (Å²) in [4.78, 5) is 34.2. The second-order valence-corrected chi connectivity index (χ2v) is 12.9. The van der Waals surface area contributed by atoms with Gasteiger partial charge in [0.2, 0.25) is 0 Å². The fourth-order valence-electron chi connectivity index (χ4n) is 2.02. The molecule has 0 aromatic rings. The molecule has 0 rings (SSSR count). The van der Waals surface area contributed by atoms with Crippen LogP contribution in [0.2, 0.25) is 25.7 Å². The Morgan fingerprint density at radius 2 is 1.60 bits per heavy atom. The number of esters is 2. The molecule has 0 aliphatic rings. The largest absolute Gasteiger partial charge is 0.512 e. The molecule has 25 heavy (non-hydrogen) atoms. The van der Waals surface area contributed by atoms with Crippen molar-refractivity contribution in [3.8, 4) is 0 Å². The van der Waals surface area contributed by atoms with E-state index in [1.165, 1.54) is 7.11 Å². The second kappa shape index (κ2) is 12.7. The van der Waals surface area contributed by atoms with Gasteiger partial charge in [-0.1, -0.05) is 32.5 Å². The number of carbonyl (C=O) groups is 3. The first kappa shape index (κ1) is 23.4. The Morgan fingerprint density at radius 3 is 2.16 bits per heavy atom. The highest BCUT2D eigenvalue weighted by molar-refractivity contribution is 6.76. The van der Waals surface area contributed by atoms with Gasteiger partial charge in [-0.2, -0.15) is 0 Å². The predicted molar refractivity (Wildman–Crippen MR) is 99.2 cm³/mol. The van der Waals surface area contributed by atoms with Gasteiger partial charge in [0.1, 0.15) is 12.2 Å². The van der Waals surface area contributed by atoms with E-state index >= 15 is 0 Å². The van der Waals surface area contributed by atoms with Gasteiger partial charge in [0.25, 0.3) is 0 Å². The first-order valence-corrected chi connectivity index (χ1v) is 12.5. The van der Waals surface area contributed by atoms with Crippen LogP contribution in [-0.2, 0) is 23.9 Å². The fourth-order valence-corrected chi connectivity index (χ4v) is 2.73. The standard InChI is InChI=1S/C18H32O6Si/c1-23-17(21)13-15(19)9-7-5-6-8-10-16(20)14-18(22)24-11-12-25(2,3)4/h13,19H,5-12,14H2,1-4H3/b15-13-. The van der Waals surface area contributed by atoms with E-state index in [9.17, 15) is 19.5 Å². The van der Waals surface area contributed by atoms with E-state index in [-0.39, 0.29) is 18.0 Å². The number of Topliss-reactive ketones (excluding diaryl/α,β-unsaturated/α-hetero) is 1. The molecule has 0 aliphatic carbocycles. The van der Waals surface area contributed by atoms with Gasteiger partial charge in [0.15, 0.2) is 0 Å². The number of methoxy groups -OCH3 is 1. The molecule has 0 atom stereocenters. The molecule has 0 aliphatic heterocycles. The van der Waals surface area contributed by atoms with Gasteiger partial charge < -0.3 is 14.6 Å². The summed E-state index contributed by atoms with van der Waals surface area (Å²) < 4.78 is 9.52. The van der Waals surface area contributed by atoms with Crippen LogP contribution in [0.15, 0.2) is 11.8 Å². The van der Waals surface area contributed by atoms with Crippen molar-refractivity contribution in [1.29, 1.82) is 0 Å². The number of aliphatic hydroxyl groups is 1. The lowest BCUT2D eigenvalue weighted by molar-refractivity contribution is -0.145. The maximum atomic E-state index is 11.7. The minimum absolute atomic E-state index is 0.00369. The van der Waals surface area contributed by atoms with Crippen molar-refractivity contribution in [3.63, 3.8) is 0 Å². The van der Waals surface area contributed by atoms with Crippen LogP contribution in [0.25, 0.3) is 0 Å². The van der Waals surface area contributed by atoms with Crippen molar-refractivity contribution in [2.75, 3.05) is 13.7 Å². The summed E-state index contributed by atoms with van der Waals surface area (Å²) in [5.41, 5.74) is 0. The molecular formula is C18H32O6Si. The smallest absolute Gasteiger partial charge is 0.333 e. The van der Waals surface area contributed by atoms with Gasteiger partial charge >= 0.3 is 11.9 Å². The van der Waals surface area contributed by atoms with Crippen molar-refractivity contribution in [1.82, 2.24) is 0 Å². The molecule has 0 saturated carbocycles. The van der Waals surface area contributed by atoms with Gasteiger partial charge in [0, 0.05) is 20.9 Å². The number of ether oxygens (including phenoxy) is 2. The van der Waals surface area contributed by atoms with Crippen LogP contribution in [0.1, 0.15) is 44.9 Å². The number of aliphatic hydroxyl groups excluding tert-OH is 1. The molecule has 0 unspecified atom stereocenters. The van der Waals surface area contributed by atoms with E-state index in [2.05, 4.69) is 24.4 Å². The number of unbranched alkanes of at least 4 members (excludes halogenated alkanes) is 3. The molecule has 144 valence electrons. The number of hydrogen-bond donors (Lipinski definition) is 1. The van der Waals surface area contributed by atoms with Crippen molar-refractivity contribution < 1.29 is 29.0 Å². The predicted octanol–water partition coefficient (Wildman–Crippen LogP) is 3.78. The third kappa shape index (κ3) is 15.6. The summed E-state index contributed by atoms with van der Waals surface area (Å²) in [6.45, 7) is 7.02. The van der Waals surface area contributed by atoms with E-state index in [4.69, 9.17) is 4.74 Å². The first-order valence-electron chi connectivity index (χ1n) is 8.79. The van der Waals surface area contributed by atoms with Gasteiger partial charge in [-0.3, -0.25) is 9.59 Å². The zero-order valence-electron chi connectivity index (χ0n) is 15.9. The molecule has 0 saturated heterocycles. The summed E-state index contributed by atoms with van der Waals surface area (Å²) in [7, 11) is 0.0281. The summed E-state index contributed by atoms with van der Waals surface area (Å²) in [5.74, 6) is -1.09. The van der Waals surface area contributed by atoms with Gasteiger partial charge in [0.05, 0.1) is 25.6 Å². The molecule has 0 heterocycles. The highest BCUT2D eigenvalue weighted by Crippen LogP contribution is 2.11. The second-order valence-electron chi connectivity index (χ2n) is 7.32. The Kier molecular flexibility index (Phi) is 11.9. The maximum Gasteiger partial charge on any atom is 0.333 e. The van der Waals surface area contributed by atoms with Crippen LogP contribution in [0, 0.1) is 0 Å². The Hall–Kier alpha value is -1.63. The topological polar surface area (TPSA) is 89.9 Å². The van der Waals surface area contributed by atoms with E-state index in [0.29, 0.717) is 25.9 Å². The van der Waals surface area contributed by atoms with Crippen LogP contribution in [-0.4, -0.2) is 44.6 Å². The molecular weight excluding hydrogens is 340 g/mol. The highest BCUT2D eigenvalue weighted by Gasteiger charge is 2.15. The lowest BCUT2D eigenvalue weighted by atomic mass is 10.1. The molecule has 0 fully saturated rings. The summed E-state index contributed by atoms with van der Waals surface area (Å²) in [6, 6.07) is 0.907. The highest BCUT2D eigenvalue weighted by atomic mass is 28.3. The van der Waals surface area contributed by atoms with Crippen molar-refractivity contribution in [3.05, 3.63) is 11.8 Å². The van der Waals surface area contributed by atoms with Gasteiger partial charge in [-0.05, 0) is 18.9 Å². The number of ketones is 1. The normalized spacial score (nSPS) is 11.9. The fraction of sp³-hybridized carbons (Fsp3) is 0.722. The van der Waals surface area contributed by atoms with Crippen molar-refractivity contribution >= 4 is 25.8 Å². The van der Waals surface area contributed by atoms with Crippen LogP contribution in [0.5, 0.6) is 0 Å². The van der Waals surface area contributed by atoms with E-state index in [1.54, 1.807) is 0 Å². The van der Waals surface area contributed by atoms with E-state index in [0.717, 1.165) is 31.4 Å². The summed E-state index contributed by atoms with van der Waals surface area (Å²) in [6.07, 6.45) is 4.81. The zero-order chi connectivity index (χ0) is 19.3. The van der Waals surface area contributed by atoms with Crippen LogP contribution in [0.3, 0.4) is 0 Å². The lowest BCUT2D eigenvalue weighted by Gasteiger charge is -2.15. The van der Waals surface area contributed by atoms with Gasteiger partial charge in [-0.25, -0.2) is 4.79 Å². The molecule has 7 heteroatoms. The van der Waals surface area contributed by atoms with Crippen LogP contribution >= 0.6 is 0 Å². The van der Waals surface area contributed by atoms with Crippen LogP contribution in [0.4, 0.5) is 0 Å². The average Bonchev–Trinajstić information content (AvgIpc) is 2.49. The minimum atomic E-state index is -1.23. The molecule has 1 N–H and O–H groups in total. The molecule has 0 amide bonds. The molecule has 0 bridgehead atoms. The SMILES string of the molecule is COC(=O)/C=C(\O)CCCCCCC(=O)CC(=O)OCC[Si](C)(C)C. The van der Waals surface area contributed by atoms with Gasteiger partial charge in [-0.15, -0.1) is 0 Å². The lowest BCUT2D eigenvalue weighted by Crippen LogP contribution is -2.23. The first-order chi connectivity index (χ1) is 11.6. The number of hydrogen-bond acceptors (Lipinski definition) is 6. The Labute approximate surface area is 151 Å². The summed E-state index contributed by atoms with van der Waals surface area (Å²) >= 11 is 0. The number of allylic oxidation sites excluding steroid dienone is 1. The molecule has 0 spiro atoms. The Balaban J connectivity index is 3.69. The molecule has 0 aromatic carbocycles. The van der Waals surface area contributed by atoms with E-state index < -0.39 is 20.0 Å². The maximum absolute atomic E-state index is 11.7. The minimum Gasteiger partial charge on any atom is -0.512 e. The quantitative estimate of drug-likeness (QED) is 0.132. The zero-order valence-corrected chi connectivity index (χ0v) is 16.9. The molecule has 0 aromatic heterocycles. The monoisotopic (exact) mass is 372 g/mol. The van der Waals surface area contributed by atoms with Crippen LogP contribution < -0.4 is 0 Å². The van der Waals surface area contributed by atoms with Crippen molar-refractivity contribution in [2.45, 2.75) is 70.6 Å². The third-order valence-corrected chi connectivity index (χ3v) is 5.28. The third-order valence-electron chi connectivity index (χ3n) is 3.58. The average molecular weight is 373 g/mol. The number of carbonyl (C=O) groups excluding carboxylic acids is 3. The van der Waals surface area contributed by atoms with E-state index in [1.807, 2.05) is 0 Å². The summed E-state index contributed by atoms with van der Waals surface area (Å²) in [5, 5.41) is 9.47. The Morgan fingerprint density at radius 1 is 1.00 bits per heavy atom.